The molecular weight excluding hydrogens is 416 g/mol. The number of fused-ring (bicyclic) bond motifs is 6. The summed E-state index contributed by atoms with van der Waals surface area (Å²) in [5.74, 6) is 0.247. The lowest BCUT2D eigenvalue weighted by Gasteiger charge is -2.46. The first-order valence-corrected chi connectivity index (χ1v) is 11.7. The molecule has 1 aromatic heterocycles. The summed E-state index contributed by atoms with van der Waals surface area (Å²) in [6.45, 7) is 3.82. The van der Waals surface area contributed by atoms with E-state index in [1.807, 2.05) is 34.1 Å². The third-order valence-corrected chi connectivity index (χ3v) is 7.32. The molecule has 2 aromatic carbocycles. The van der Waals surface area contributed by atoms with Crippen LogP contribution in [0.2, 0.25) is 0 Å². The monoisotopic (exact) mass is 444 g/mol. The summed E-state index contributed by atoms with van der Waals surface area (Å²) in [6, 6.07) is 16.3. The SMILES string of the molecule is CN1c2ccccc2C(=O)N2CCc3c(n(CCC(=O)N4CCOCC4)c4ccccc34)[C@@H]21. The van der Waals surface area contributed by atoms with Gasteiger partial charge >= 0.3 is 0 Å². The van der Waals surface area contributed by atoms with E-state index in [-0.39, 0.29) is 18.0 Å². The third kappa shape index (κ3) is 3.14. The topological polar surface area (TPSA) is 58.0 Å². The Kier molecular flexibility index (Phi) is 4.87. The minimum absolute atomic E-state index is 0.0838. The van der Waals surface area contributed by atoms with Crippen LogP contribution in [0.5, 0.6) is 0 Å². The lowest BCUT2D eigenvalue weighted by Crippen LogP contribution is -2.51. The smallest absolute Gasteiger partial charge is 0.257 e. The van der Waals surface area contributed by atoms with Gasteiger partial charge in [0.05, 0.1) is 30.2 Å². The van der Waals surface area contributed by atoms with Gasteiger partial charge in [0.25, 0.3) is 5.91 Å². The van der Waals surface area contributed by atoms with Gasteiger partial charge in [-0.15, -0.1) is 0 Å². The summed E-state index contributed by atoms with van der Waals surface area (Å²) in [4.78, 5) is 32.5. The van der Waals surface area contributed by atoms with E-state index in [1.165, 1.54) is 10.9 Å². The predicted molar refractivity (Wildman–Crippen MR) is 126 cm³/mol. The Hall–Kier alpha value is -3.32. The number of carbonyl (C=O) groups excluding carboxylic acids is 2. The molecule has 0 N–H and O–H groups in total. The first-order chi connectivity index (χ1) is 16.1. The molecule has 0 unspecified atom stereocenters. The number of nitrogens with zero attached hydrogens (tertiary/aromatic N) is 4. The van der Waals surface area contributed by atoms with Crippen molar-refractivity contribution < 1.29 is 14.3 Å². The normalized spacial score (nSPS) is 20.0. The minimum Gasteiger partial charge on any atom is -0.378 e. The van der Waals surface area contributed by atoms with E-state index in [2.05, 4.69) is 40.8 Å². The number of carbonyl (C=O) groups is 2. The van der Waals surface area contributed by atoms with Crippen LogP contribution in [0, 0.1) is 0 Å². The molecule has 1 atom stereocenters. The van der Waals surface area contributed by atoms with Gasteiger partial charge in [0.15, 0.2) is 0 Å². The van der Waals surface area contributed by atoms with Crippen LogP contribution in [-0.4, -0.2) is 66.1 Å². The summed E-state index contributed by atoms with van der Waals surface area (Å²) in [7, 11) is 2.07. The second-order valence-corrected chi connectivity index (χ2v) is 9.03. The highest BCUT2D eigenvalue weighted by Crippen LogP contribution is 2.44. The van der Waals surface area contributed by atoms with Gasteiger partial charge < -0.3 is 24.0 Å². The van der Waals surface area contributed by atoms with E-state index >= 15 is 0 Å². The molecule has 0 bridgehead atoms. The van der Waals surface area contributed by atoms with Gasteiger partial charge in [-0.05, 0) is 30.2 Å². The van der Waals surface area contributed by atoms with Crippen molar-refractivity contribution in [3.8, 4) is 0 Å². The molecule has 2 amide bonds. The maximum absolute atomic E-state index is 13.4. The lowest BCUT2D eigenvalue weighted by molar-refractivity contribution is -0.135. The summed E-state index contributed by atoms with van der Waals surface area (Å²) >= 11 is 0. The molecule has 3 aliphatic rings. The van der Waals surface area contributed by atoms with Crippen molar-refractivity contribution in [3.05, 3.63) is 65.4 Å². The average molecular weight is 445 g/mol. The average Bonchev–Trinajstić information content (AvgIpc) is 3.19. The van der Waals surface area contributed by atoms with E-state index in [0.717, 1.165) is 28.9 Å². The van der Waals surface area contributed by atoms with Crippen molar-refractivity contribution >= 4 is 28.4 Å². The number of morpholine rings is 1. The van der Waals surface area contributed by atoms with Crippen molar-refractivity contribution in [3.63, 3.8) is 0 Å². The zero-order valence-electron chi connectivity index (χ0n) is 18.9. The van der Waals surface area contributed by atoms with Crippen LogP contribution >= 0.6 is 0 Å². The molecule has 1 saturated heterocycles. The summed E-state index contributed by atoms with van der Waals surface area (Å²) in [6.07, 6.45) is 1.08. The molecule has 7 heteroatoms. The van der Waals surface area contributed by atoms with E-state index in [1.54, 1.807) is 0 Å². The summed E-state index contributed by atoms with van der Waals surface area (Å²) in [5, 5.41) is 1.23. The number of anilines is 1. The van der Waals surface area contributed by atoms with Gasteiger partial charge in [0.2, 0.25) is 5.91 Å². The molecule has 3 aliphatic heterocycles. The highest BCUT2D eigenvalue weighted by molar-refractivity contribution is 6.02. The number of benzene rings is 2. The number of hydrogen-bond acceptors (Lipinski definition) is 4. The van der Waals surface area contributed by atoms with Crippen molar-refractivity contribution in [2.45, 2.75) is 25.6 Å². The van der Waals surface area contributed by atoms with E-state index in [0.29, 0.717) is 45.8 Å². The van der Waals surface area contributed by atoms with Gasteiger partial charge in [-0.1, -0.05) is 30.3 Å². The number of aryl methyl sites for hydroxylation is 1. The molecule has 7 nitrogen and oxygen atoms in total. The number of hydrogen-bond donors (Lipinski definition) is 0. The van der Waals surface area contributed by atoms with Crippen LogP contribution < -0.4 is 4.90 Å². The predicted octanol–water partition coefficient (Wildman–Crippen LogP) is 3.04. The maximum atomic E-state index is 13.4. The van der Waals surface area contributed by atoms with Gasteiger partial charge in [-0.2, -0.15) is 0 Å². The zero-order valence-corrected chi connectivity index (χ0v) is 18.9. The molecule has 0 aliphatic carbocycles. The molecule has 33 heavy (non-hydrogen) atoms. The van der Waals surface area contributed by atoms with Crippen LogP contribution in [0.1, 0.15) is 34.2 Å². The summed E-state index contributed by atoms with van der Waals surface area (Å²) < 4.78 is 7.69. The second-order valence-electron chi connectivity index (χ2n) is 9.03. The molecule has 6 rings (SSSR count). The molecule has 4 heterocycles. The molecule has 0 saturated carbocycles. The molecule has 0 radical (unpaired) electrons. The van der Waals surface area contributed by atoms with Crippen LogP contribution in [0.25, 0.3) is 10.9 Å². The van der Waals surface area contributed by atoms with E-state index in [4.69, 9.17) is 4.74 Å². The molecule has 1 fully saturated rings. The van der Waals surface area contributed by atoms with E-state index in [9.17, 15) is 9.59 Å². The van der Waals surface area contributed by atoms with Crippen molar-refractivity contribution in [2.75, 3.05) is 44.8 Å². The number of para-hydroxylation sites is 2. The lowest BCUT2D eigenvalue weighted by atomic mass is 9.96. The first-order valence-electron chi connectivity index (χ1n) is 11.7. The van der Waals surface area contributed by atoms with Crippen LogP contribution in [0.4, 0.5) is 5.69 Å². The first kappa shape index (κ1) is 20.3. The Bertz CT molecular complexity index is 1240. The highest BCUT2D eigenvalue weighted by atomic mass is 16.5. The largest absolute Gasteiger partial charge is 0.378 e. The quantitative estimate of drug-likeness (QED) is 0.623. The van der Waals surface area contributed by atoms with Crippen molar-refractivity contribution in [1.82, 2.24) is 14.4 Å². The standard InChI is InChI=1S/C26H28N4O3/c1-27-21-8-4-3-7-20(21)26(32)30-12-10-19-18-6-2-5-9-22(18)29(24(19)25(27)30)13-11-23(31)28-14-16-33-17-15-28/h2-9,25H,10-17H2,1H3/t25-/m1/s1. The fourth-order valence-corrected chi connectivity index (χ4v) is 5.73. The van der Waals surface area contributed by atoms with E-state index < -0.39 is 0 Å². The van der Waals surface area contributed by atoms with Crippen molar-refractivity contribution in [1.29, 1.82) is 0 Å². The Balaban J connectivity index is 1.42. The second kappa shape index (κ2) is 7.92. The Morgan fingerprint density at radius 1 is 1.03 bits per heavy atom. The Morgan fingerprint density at radius 2 is 1.79 bits per heavy atom. The summed E-state index contributed by atoms with van der Waals surface area (Å²) in [5.41, 5.74) is 5.29. The molecule has 0 spiro atoms. The number of aromatic nitrogens is 1. The van der Waals surface area contributed by atoms with Crippen LogP contribution in [-0.2, 0) is 22.5 Å². The maximum Gasteiger partial charge on any atom is 0.257 e. The Morgan fingerprint density at radius 3 is 2.64 bits per heavy atom. The zero-order chi connectivity index (χ0) is 22.5. The van der Waals surface area contributed by atoms with Crippen LogP contribution in [0.15, 0.2) is 48.5 Å². The van der Waals surface area contributed by atoms with Gasteiger partial charge in [0.1, 0.15) is 6.17 Å². The fraction of sp³-hybridized carbons (Fsp3) is 0.385. The minimum atomic E-state index is -0.179. The van der Waals surface area contributed by atoms with Crippen LogP contribution in [0.3, 0.4) is 0 Å². The Labute approximate surface area is 193 Å². The molecule has 170 valence electrons. The number of amides is 2. The molecular formula is C26H28N4O3. The fourth-order valence-electron chi connectivity index (χ4n) is 5.73. The van der Waals surface area contributed by atoms with Crippen molar-refractivity contribution in [2.24, 2.45) is 0 Å². The number of ether oxygens (including phenoxy) is 1. The van der Waals surface area contributed by atoms with Gasteiger partial charge in [-0.3, -0.25) is 9.59 Å². The number of rotatable bonds is 3. The third-order valence-electron chi connectivity index (χ3n) is 7.32. The highest BCUT2D eigenvalue weighted by Gasteiger charge is 2.42. The molecule has 3 aromatic rings. The van der Waals surface area contributed by atoms with Gasteiger partial charge in [0, 0.05) is 50.6 Å². The van der Waals surface area contributed by atoms with Gasteiger partial charge in [-0.25, -0.2) is 0 Å².